The molecule has 0 aliphatic rings. The monoisotopic (exact) mass is 480 g/mol. The molecule has 5 aromatic rings. The van der Waals surface area contributed by atoms with Gasteiger partial charge in [-0.15, -0.1) is 10.2 Å². The van der Waals surface area contributed by atoms with Crippen molar-refractivity contribution in [2.45, 2.75) is 30.4 Å². The first-order valence-corrected chi connectivity index (χ1v) is 11.6. The molecular weight excluding hydrogens is 461 g/mol. The molecule has 2 aromatic heterocycles. The van der Waals surface area contributed by atoms with Gasteiger partial charge in [-0.25, -0.2) is 4.57 Å². The molecule has 0 spiro atoms. The number of rotatable bonds is 5. The van der Waals surface area contributed by atoms with Gasteiger partial charge in [0.25, 0.3) is 5.56 Å². The molecule has 0 fully saturated rings. The maximum Gasteiger partial charge on any atom is 0.416 e. The van der Waals surface area contributed by atoms with Crippen molar-refractivity contribution < 1.29 is 13.2 Å². The van der Waals surface area contributed by atoms with Crippen molar-refractivity contribution in [1.29, 1.82) is 0 Å². The lowest BCUT2D eigenvalue weighted by Gasteiger charge is -2.12. The first-order valence-electron chi connectivity index (χ1n) is 10.6. The van der Waals surface area contributed by atoms with E-state index in [4.69, 9.17) is 0 Å². The highest BCUT2D eigenvalue weighted by molar-refractivity contribution is 7.98. The van der Waals surface area contributed by atoms with Gasteiger partial charge < -0.3 is 0 Å². The molecule has 0 aliphatic heterocycles. The number of aromatic nitrogens is 4. The molecule has 2 heterocycles. The Bertz CT molecular complexity index is 1560. The van der Waals surface area contributed by atoms with Gasteiger partial charge in [0.05, 0.1) is 22.2 Å². The second-order valence-corrected chi connectivity index (χ2v) is 8.73. The average molecular weight is 481 g/mol. The summed E-state index contributed by atoms with van der Waals surface area (Å²) in [6, 6.07) is 20.1. The van der Waals surface area contributed by atoms with Crippen LogP contribution in [0, 0.1) is 0 Å². The number of benzene rings is 3. The number of nitrogens with zero attached hydrogens (tertiary/aromatic N) is 4. The molecule has 0 N–H and O–H groups in total. The Labute approximate surface area is 196 Å². The summed E-state index contributed by atoms with van der Waals surface area (Å²) in [5.74, 6) is 0.614. The quantitative estimate of drug-likeness (QED) is 0.294. The van der Waals surface area contributed by atoms with E-state index >= 15 is 0 Å². The third kappa shape index (κ3) is 3.96. The van der Waals surface area contributed by atoms with E-state index in [0.29, 0.717) is 33.1 Å². The number of para-hydroxylation sites is 1. The number of halogens is 3. The molecule has 0 radical (unpaired) electrons. The second kappa shape index (κ2) is 8.64. The Hall–Kier alpha value is -3.59. The van der Waals surface area contributed by atoms with E-state index in [-0.39, 0.29) is 11.3 Å². The van der Waals surface area contributed by atoms with E-state index in [1.54, 1.807) is 22.6 Å². The highest BCUT2D eigenvalue weighted by Crippen LogP contribution is 2.31. The molecule has 34 heavy (non-hydrogen) atoms. The third-order valence-electron chi connectivity index (χ3n) is 5.62. The van der Waals surface area contributed by atoms with Crippen LogP contribution in [0.15, 0.2) is 82.7 Å². The van der Waals surface area contributed by atoms with E-state index in [2.05, 4.69) is 17.1 Å². The Kier molecular flexibility index (Phi) is 5.65. The summed E-state index contributed by atoms with van der Waals surface area (Å²) >= 11 is 1.27. The normalized spacial score (nSPS) is 12.0. The fraction of sp³-hybridized carbons (Fsp3) is 0.160. The van der Waals surface area contributed by atoms with E-state index in [1.165, 1.54) is 22.4 Å². The van der Waals surface area contributed by atoms with Crippen LogP contribution in [-0.4, -0.2) is 19.2 Å². The Balaban J connectivity index is 1.62. The maximum absolute atomic E-state index is 13.4. The van der Waals surface area contributed by atoms with E-state index < -0.39 is 11.7 Å². The Morgan fingerprint density at radius 2 is 1.68 bits per heavy atom. The fourth-order valence-electron chi connectivity index (χ4n) is 3.87. The van der Waals surface area contributed by atoms with Crippen LogP contribution in [0.25, 0.3) is 22.4 Å². The molecule has 0 saturated carbocycles. The maximum atomic E-state index is 13.4. The smallest absolute Gasteiger partial charge is 0.268 e. The standard InChI is InChI=1S/C25H19F3N4OS/c1-2-16-10-12-19(13-11-16)31-22(33)20-8-3-4-9-21(20)32-23(31)29-30-24(32)34-15-17-6-5-7-18(14-17)25(26,27)28/h3-14H,2,15H2,1H3. The summed E-state index contributed by atoms with van der Waals surface area (Å²) in [6.45, 7) is 2.06. The zero-order valence-corrected chi connectivity index (χ0v) is 18.9. The predicted molar refractivity (Wildman–Crippen MR) is 126 cm³/mol. The number of aryl methyl sites for hydroxylation is 1. The number of fused-ring (bicyclic) bond motifs is 3. The van der Waals surface area contributed by atoms with Gasteiger partial charge in [-0.1, -0.05) is 61.2 Å². The van der Waals surface area contributed by atoms with Crippen LogP contribution in [0.1, 0.15) is 23.6 Å². The van der Waals surface area contributed by atoms with Crippen LogP contribution >= 0.6 is 11.8 Å². The summed E-state index contributed by atoms with van der Waals surface area (Å²) in [4.78, 5) is 13.4. The average Bonchev–Trinajstić information content (AvgIpc) is 3.27. The molecular formula is C25H19F3N4OS. The summed E-state index contributed by atoms with van der Waals surface area (Å²) < 4.78 is 42.6. The van der Waals surface area contributed by atoms with Gasteiger partial charge in [0, 0.05) is 5.75 Å². The van der Waals surface area contributed by atoms with Crippen LogP contribution in [0.3, 0.4) is 0 Å². The van der Waals surface area contributed by atoms with Crippen molar-refractivity contribution in [2.24, 2.45) is 0 Å². The van der Waals surface area contributed by atoms with Crippen molar-refractivity contribution in [1.82, 2.24) is 19.2 Å². The molecule has 0 saturated heterocycles. The van der Waals surface area contributed by atoms with Crippen LogP contribution in [0.4, 0.5) is 13.2 Å². The number of hydrogen-bond donors (Lipinski definition) is 0. The summed E-state index contributed by atoms with van der Waals surface area (Å²) in [6.07, 6.45) is -3.52. The van der Waals surface area contributed by atoms with Crippen molar-refractivity contribution in [3.8, 4) is 5.69 Å². The second-order valence-electron chi connectivity index (χ2n) is 7.78. The summed E-state index contributed by atoms with van der Waals surface area (Å²) in [5, 5.41) is 9.56. The molecule has 9 heteroatoms. The SMILES string of the molecule is CCc1ccc(-n2c(=O)c3ccccc3n3c(SCc4cccc(C(F)(F)F)c4)nnc23)cc1. The third-order valence-corrected chi connectivity index (χ3v) is 6.62. The van der Waals surface area contributed by atoms with Crippen LogP contribution in [0.2, 0.25) is 0 Å². The lowest BCUT2D eigenvalue weighted by molar-refractivity contribution is -0.137. The van der Waals surface area contributed by atoms with Crippen LogP contribution < -0.4 is 5.56 Å². The molecule has 5 nitrogen and oxygen atoms in total. The number of hydrogen-bond acceptors (Lipinski definition) is 4. The van der Waals surface area contributed by atoms with Gasteiger partial charge in [0.15, 0.2) is 5.16 Å². The minimum Gasteiger partial charge on any atom is -0.268 e. The molecule has 0 aliphatic carbocycles. The van der Waals surface area contributed by atoms with Gasteiger partial charge in [-0.3, -0.25) is 9.20 Å². The molecule has 172 valence electrons. The van der Waals surface area contributed by atoms with Crippen molar-refractivity contribution in [3.63, 3.8) is 0 Å². The Morgan fingerprint density at radius 3 is 2.41 bits per heavy atom. The molecule has 3 aromatic carbocycles. The van der Waals surface area contributed by atoms with E-state index in [0.717, 1.165) is 24.1 Å². The number of alkyl halides is 3. The van der Waals surface area contributed by atoms with Crippen molar-refractivity contribution in [3.05, 3.63) is 99.8 Å². The summed E-state index contributed by atoms with van der Waals surface area (Å²) in [7, 11) is 0. The minimum absolute atomic E-state index is 0.214. The first kappa shape index (κ1) is 22.2. The molecule has 0 unspecified atom stereocenters. The topological polar surface area (TPSA) is 52.2 Å². The molecule has 0 amide bonds. The minimum atomic E-state index is -4.40. The van der Waals surface area contributed by atoms with E-state index in [9.17, 15) is 18.0 Å². The first-order chi connectivity index (χ1) is 16.4. The van der Waals surface area contributed by atoms with Crippen LogP contribution in [-0.2, 0) is 18.3 Å². The Morgan fingerprint density at radius 1 is 0.912 bits per heavy atom. The highest BCUT2D eigenvalue weighted by Gasteiger charge is 2.30. The highest BCUT2D eigenvalue weighted by atomic mass is 32.2. The van der Waals surface area contributed by atoms with Gasteiger partial charge in [-0.2, -0.15) is 13.2 Å². The van der Waals surface area contributed by atoms with Crippen molar-refractivity contribution in [2.75, 3.05) is 0 Å². The van der Waals surface area contributed by atoms with Gasteiger partial charge in [0.2, 0.25) is 5.78 Å². The molecule has 5 rings (SSSR count). The number of thioether (sulfide) groups is 1. The molecule has 0 atom stereocenters. The zero-order valence-electron chi connectivity index (χ0n) is 18.1. The van der Waals surface area contributed by atoms with Gasteiger partial charge >= 0.3 is 6.18 Å². The fourth-order valence-corrected chi connectivity index (χ4v) is 4.75. The zero-order chi connectivity index (χ0) is 23.9. The predicted octanol–water partition coefficient (Wildman–Crippen LogP) is 5.91. The largest absolute Gasteiger partial charge is 0.416 e. The molecule has 0 bridgehead atoms. The summed E-state index contributed by atoms with van der Waals surface area (Å²) in [5.41, 5.74) is 2.07. The lowest BCUT2D eigenvalue weighted by atomic mass is 10.1. The van der Waals surface area contributed by atoms with E-state index in [1.807, 2.05) is 36.4 Å². The van der Waals surface area contributed by atoms with Crippen molar-refractivity contribution >= 4 is 28.4 Å². The van der Waals surface area contributed by atoms with Gasteiger partial charge in [-0.05, 0) is 47.9 Å². The lowest BCUT2D eigenvalue weighted by Crippen LogP contribution is -2.21. The van der Waals surface area contributed by atoms with Crippen LogP contribution in [0.5, 0.6) is 0 Å². The van der Waals surface area contributed by atoms with Gasteiger partial charge in [0.1, 0.15) is 0 Å².